The van der Waals surface area contributed by atoms with Crippen LogP contribution in [0.1, 0.15) is 27.5 Å². The van der Waals surface area contributed by atoms with Gasteiger partial charge in [-0.05, 0) is 24.1 Å². The predicted octanol–water partition coefficient (Wildman–Crippen LogP) is 3.20. The second-order valence-corrected chi connectivity index (χ2v) is 5.18. The summed E-state index contributed by atoms with van der Waals surface area (Å²) in [4.78, 5) is 15.5. The van der Waals surface area contributed by atoms with E-state index in [9.17, 15) is 4.79 Å². The molecule has 2 heterocycles. The zero-order valence-electron chi connectivity index (χ0n) is 10.9. The zero-order valence-corrected chi connectivity index (χ0v) is 10.9. The van der Waals surface area contributed by atoms with Crippen LogP contribution in [-0.2, 0) is 6.42 Å². The topological polar surface area (TPSA) is 44.9 Å². The van der Waals surface area contributed by atoms with Gasteiger partial charge in [-0.25, -0.2) is 0 Å². The molecule has 1 atom stereocenters. The molecule has 2 N–H and O–H groups in total. The smallest absolute Gasteiger partial charge is 0.252 e. The lowest BCUT2D eigenvalue weighted by Gasteiger charge is -2.25. The highest BCUT2D eigenvalue weighted by atomic mass is 16.1. The standard InChI is InChI=1S/C17H14N2O/c20-17-12-6-2-1-5-11(12)9-16(19-17)14-10-18-15-8-4-3-7-13(14)15/h1-8,10,16,18H,9H2,(H,19,20). The molecule has 0 fully saturated rings. The number of hydrogen-bond acceptors (Lipinski definition) is 1. The summed E-state index contributed by atoms with van der Waals surface area (Å²) < 4.78 is 0. The average Bonchev–Trinajstić information content (AvgIpc) is 2.91. The Morgan fingerprint density at radius 3 is 2.75 bits per heavy atom. The van der Waals surface area contributed by atoms with Crippen LogP contribution in [0, 0.1) is 0 Å². The van der Waals surface area contributed by atoms with E-state index in [2.05, 4.69) is 22.4 Å². The van der Waals surface area contributed by atoms with Crippen molar-refractivity contribution in [2.24, 2.45) is 0 Å². The Labute approximate surface area is 116 Å². The van der Waals surface area contributed by atoms with Crippen LogP contribution in [0.3, 0.4) is 0 Å². The highest BCUT2D eigenvalue weighted by Crippen LogP contribution is 2.30. The summed E-state index contributed by atoms with van der Waals surface area (Å²) in [7, 11) is 0. The summed E-state index contributed by atoms with van der Waals surface area (Å²) in [6.07, 6.45) is 2.84. The lowest BCUT2D eigenvalue weighted by Crippen LogP contribution is -2.35. The van der Waals surface area contributed by atoms with Crippen LogP contribution in [-0.4, -0.2) is 10.9 Å². The van der Waals surface area contributed by atoms with Crippen molar-refractivity contribution in [3.63, 3.8) is 0 Å². The predicted molar refractivity (Wildman–Crippen MR) is 78.7 cm³/mol. The highest BCUT2D eigenvalue weighted by Gasteiger charge is 2.26. The van der Waals surface area contributed by atoms with E-state index in [1.165, 1.54) is 5.39 Å². The van der Waals surface area contributed by atoms with Gasteiger partial charge in [0.05, 0.1) is 6.04 Å². The second-order valence-electron chi connectivity index (χ2n) is 5.18. The van der Waals surface area contributed by atoms with Gasteiger partial charge in [0, 0.05) is 28.2 Å². The Bertz CT molecular complexity index is 803. The van der Waals surface area contributed by atoms with Gasteiger partial charge >= 0.3 is 0 Å². The highest BCUT2D eigenvalue weighted by molar-refractivity contribution is 5.97. The molecule has 0 bridgehead atoms. The second kappa shape index (κ2) is 4.23. The molecule has 3 heteroatoms. The molecule has 0 radical (unpaired) electrons. The minimum Gasteiger partial charge on any atom is -0.361 e. The first-order chi connectivity index (χ1) is 9.83. The van der Waals surface area contributed by atoms with Crippen molar-refractivity contribution in [1.29, 1.82) is 0 Å². The number of fused-ring (bicyclic) bond motifs is 2. The Morgan fingerprint density at radius 1 is 1.00 bits per heavy atom. The van der Waals surface area contributed by atoms with Gasteiger partial charge in [0.2, 0.25) is 0 Å². The fourth-order valence-electron chi connectivity index (χ4n) is 3.00. The van der Waals surface area contributed by atoms with E-state index in [4.69, 9.17) is 0 Å². The van der Waals surface area contributed by atoms with Crippen molar-refractivity contribution in [3.05, 3.63) is 71.4 Å². The fraction of sp³-hybridized carbons (Fsp3) is 0.118. The number of carbonyl (C=O) groups is 1. The molecule has 3 nitrogen and oxygen atoms in total. The molecule has 1 unspecified atom stereocenters. The monoisotopic (exact) mass is 262 g/mol. The number of para-hydroxylation sites is 1. The van der Waals surface area contributed by atoms with Crippen molar-refractivity contribution in [1.82, 2.24) is 10.3 Å². The van der Waals surface area contributed by atoms with Gasteiger partial charge in [0.1, 0.15) is 0 Å². The third-order valence-electron chi connectivity index (χ3n) is 3.99. The lowest BCUT2D eigenvalue weighted by molar-refractivity contribution is 0.0925. The molecule has 1 amide bonds. The van der Waals surface area contributed by atoms with E-state index in [1.54, 1.807) is 0 Å². The van der Waals surface area contributed by atoms with E-state index < -0.39 is 0 Å². The molecular formula is C17H14N2O. The van der Waals surface area contributed by atoms with Crippen molar-refractivity contribution in [3.8, 4) is 0 Å². The number of H-pyrrole nitrogens is 1. The Balaban J connectivity index is 1.80. The van der Waals surface area contributed by atoms with Crippen molar-refractivity contribution in [2.45, 2.75) is 12.5 Å². The van der Waals surface area contributed by atoms with Gasteiger partial charge in [0.25, 0.3) is 5.91 Å². The fourth-order valence-corrected chi connectivity index (χ4v) is 3.00. The van der Waals surface area contributed by atoms with Crippen molar-refractivity contribution < 1.29 is 4.79 Å². The third kappa shape index (κ3) is 1.63. The molecule has 0 saturated heterocycles. The molecule has 0 spiro atoms. The van der Waals surface area contributed by atoms with Crippen LogP contribution in [0.4, 0.5) is 0 Å². The summed E-state index contributed by atoms with van der Waals surface area (Å²) in [6.45, 7) is 0. The molecule has 20 heavy (non-hydrogen) atoms. The van der Waals surface area contributed by atoms with E-state index >= 15 is 0 Å². The number of carbonyl (C=O) groups excluding carboxylic acids is 1. The first-order valence-corrected chi connectivity index (χ1v) is 6.78. The van der Waals surface area contributed by atoms with Gasteiger partial charge in [0.15, 0.2) is 0 Å². The normalized spacial score (nSPS) is 17.8. The number of hydrogen-bond donors (Lipinski definition) is 2. The lowest BCUT2D eigenvalue weighted by atomic mass is 9.91. The van der Waals surface area contributed by atoms with Crippen molar-refractivity contribution >= 4 is 16.8 Å². The van der Waals surface area contributed by atoms with Crippen LogP contribution >= 0.6 is 0 Å². The van der Waals surface area contributed by atoms with Crippen molar-refractivity contribution in [2.75, 3.05) is 0 Å². The van der Waals surface area contributed by atoms with Crippen LogP contribution in [0.15, 0.2) is 54.7 Å². The maximum atomic E-state index is 12.2. The molecule has 4 rings (SSSR count). The van der Waals surface area contributed by atoms with Crippen LogP contribution in [0.25, 0.3) is 10.9 Å². The van der Waals surface area contributed by atoms with Gasteiger partial charge in [-0.3, -0.25) is 4.79 Å². The van der Waals surface area contributed by atoms with E-state index in [0.29, 0.717) is 0 Å². The quantitative estimate of drug-likeness (QED) is 0.695. The summed E-state index contributed by atoms with van der Waals surface area (Å²) in [6, 6.07) is 16.0. The maximum absolute atomic E-state index is 12.2. The molecule has 1 aliphatic heterocycles. The van der Waals surface area contributed by atoms with Crippen LogP contribution in [0.2, 0.25) is 0 Å². The van der Waals surface area contributed by atoms with E-state index in [0.717, 1.165) is 28.6 Å². The average molecular weight is 262 g/mol. The number of rotatable bonds is 1. The molecule has 3 aromatic rings. The Morgan fingerprint density at radius 2 is 1.80 bits per heavy atom. The SMILES string of the molecule is O=C1NC(c2c[nH]c3ccccc23)Cc2ccccc21. The summed E-state index contributed by atoms with van der Waals surface area (Å²) in [5.74, 6) is 0.0159. The summed E-state index contributed by atoms with van der Waals surface area (Å²) >= 11 is 0. The number of aromatic nitrogens is 1. The molecule has 0 saturated carbocycles. The van der Waals surface area contributed by atoms with Gasteiger partial charge in [-0.1, -0.05) is 36.4 Å². The number of aromatic amines is 1. The molecule has 2 aromatic carbocycles. The number of benzene rings is 2. The van der Waals surface area contributed by atoms with Gasteiger partial charge in [-0.2, -0.15) is 0 Å². The van der Waals surface area contributed by atoms with Crippen LogP contribution < -0.4 is 5.32 Å². The maximum Gasteiger partial charge on any atom is 0.252 e. The molecule has 1 aliphatic rings. The molecule has 0 aliphatic carbocycles. The first-order valence-electron chi connectivity index (χ1n) is 6.78. The minimum absolute atomic E-state index is 0.0159. The van der Waals surface area contributed by atoms with Gasteiger partial charge < -0.3 is 10.3 Å². The zero-order chi connectivity index (χ0) is 13.5. The summed E-state index contributed by atoms with van der Waals surface area (Å²) in [5.41, 5.74) is 4.18. The largest absolute Gasteiger partial charge is 0.361 e. The minimum atomic E-state index is 0.0159. The Hall–Kier alpha value is -2.55. The summed E-state index contributed by atoms with van der Waals surface area (Å²) in [5, 5.41) is 4.29. The van der Waals surface area contributed by atoms with Gasteiger partial charge in [-0.15, -0.1) is 0 Å². The van der Waals surface area contributed by atoms with E-state index in [1.807, 2.05) is 42.6 Å². The number of nitrogens with one attached hydrogen (secondary N) is 2. The molecule has 98 valence electrons. The van der Waals surface area contributed by atoms with E-state index in [-0.39, 0.29) is 11.9 Å². The molecular weight excluding hydrogens is 248 g/mol. The number of amides is 1. The third-order valence-corrected chi connectivity index (χ3v) is 3.99. The Kier molecular flexibility index (Phi) is 2.39. The first kappa shape index (κ1) is 11.3. The van der Waals surface area contributed by atoms with Crippen LogP contribution in [0.5, 0.6) is 0 Å². The molecule has 1 aromatic heterocycles.